The van der Waals surface area contributed by atoms with Crippen molar-refractivity contribution >= 4 is 17.5 Å². The summed E-state index contributed by atoms with van der Waals surface area (Å²) in [6.45, 7) is 1.51. The molecule has 5 nitrogen and oxygen atoms in total. The van der Waals surface area contributed by atoms with E-state index in [1.807, 2.05) is 18.2 Å². The third kappa shape index (κ3) is 4.65. The minimum atomic E-state index is -4.44. The highest BCUT2D eigenvalue weighted by molar-refractivity contribution is 5.89. The first-order valence-corrected chi connectivity index (χ1v) is 8.32. The van der Waals surface area contributed by atoms with Gasteiger partial charge in [0.05, 0.1) is 5.56 Å². The summed E-state index contributed by atoms with van der Waals surface area (Å²) >= 11 is 0. The standard InChI is InChI=1S/C18H19F3N4O/c19-18(20,21)13-4-3-5-15(12-13)24-17(26)23-14-7-10-25(11-8-14)16-6-1-2-9-22-16/h1-6,9,12,14H,7-8,10-11H2,(H2,23,24,26). The molecule has 0 atom stereocenters. The molecule has 0 saturated carbocycles. The van der Waals surface area contributed by atoms with Crippen LogP contribution >= 0.6 is 0 Å². The number of urea groups is 1. The topological polar surface area (TPSA) is 57.3 Å². The quantitative estimate of drug-likeness (QED) is 0.869. The smallest absolute Gasteiger partial charge is 0.356 e. The normalized spacial score (nSPS) is 15.6. The van der Waals surface area contributed by atoms with Crippen molar-refractivity contribution < 1.29 is 18.0 Å². The van der Waals surface area contributed by atoms with Crippen molar-refractivity contribution in [1.82, 2.24) is 10.3 Å². The molecular formula is C18H19F3N4O. The molecule has 1 aliphatic rings. The molecule has 0 bridgehead atoms. The lowest BCUT2D eigenvalue weighted by Gasteiger charge is -2.33. The predicted molar refractivity (Wildman–Crippen MR) is 93.1 cm³/mol. The monoisotopic (exact) mass is 364 g/mol. The number of alkyl halides is 3. The Bertz CT molecular complexity index is 744. The Balaban J connectivity index is 1.50. The van der Waals surface area contributed by atoms with E-state index >= 15 is 0 Å². The first-order valence-electron chi connectivity index (χ1n) is 8.32. The molecule has 0 unspecified atom stereocenters. The number of halogens is 3. The summed E-state index contributed by atoms with van der Waals surface area (Å²) in [4.78, 5) is 18.5. The van der Waals surface area contributed by atoms with Crippen LogP contribution in [0, 0.1) is 0 Å². The van der Waals surface area contributed by atoms with E-state index < -0.39 is 17.8 Å². The minimum Gasteiger partial charge on any atom is -0.356 e. The highest BCUT2D eigenvalue weighted by atomic mass is 19.4. The van der Waals surface area contributed by atoms with E-state index in [-0.39, 0.29) is 11.7 Å². The summed E-state index contributed by atoms with van der Waals surface area (Å²) in [7, 11) is 0. The SMILES string of the molecule is O=C(Nc1cccc(C(F)(F)F)c1)NC1CCN(c2ccccn2)CC1. The van der Waals surface area contributed by atoms with Crippen LogP contribution < -0.4 is 15.5 Å². The van der Waals surface area contributed by atoms with Gasteiger partial charge in [-0.15, -0.1) is 0 Å². The molecule has 1 aliphatic heterocycles. The molecule has 1 fully saturated rings. The maximum absolute atomic E-state index is 12.7. The lowest BCUT2D eigenvalue weighted by molar-refractivity contribution is -0.137. The Hall–Kier alpha value is -2.77. The highest BCUT2D eigenvalue weighted by Gasteiger charge is 2.30. The van der Waals surface area contributed by atoms with E-state index in [0.29, 0.717) is 0 Å². The van der Waals surface area contributed by atoms with Crippen molar-refractivity contribution in [2.45, 2.75) is 25.1 Å². The number of nitrogens with zero attached hydrogens (tertiary/aromatic N) is 2. The number of carbonyl (C=O) groups excluding carboxylic acids is 1. The number of nitrogens with one attached hydrogen (secondary N) is 2. The fourth-order valence-corrected chi connectivity index (χ4v) is 2.92. The zero-order valence-electron chi connectivity index (χ0n) is 14.0. The summed E-state index contributed by atoms with van der Waals surface area (Å²) in [6, 6.07) is 9.78. The molecule has 0 aliphatic carbocycles. The number of benzene rings is 1. The van der Waals surface area contributed by atoms with Gasteiger partial charge in [-0.25, -0.2) is 9.78 Å². The van der Waals surface area contributed by atoms with E-state index in [2.05, 4.69) is 20.5 Å². The van der Waals surface area contributed by atoms with Gasteiger partial charge in [-0.2, -0.15) is 13.2 Å². The predicted octanol–water partition coefficient (Wildman–Crippen LogP) is 3.89. The molecule has 1 aromatic heterocycles. The molecule has 138 valence electrons. The maximum atomic E-state index is 12.7. The van der Waals surface area contributed by atoms with Gasteiger partial charge in [0.2, 0.25) is 0 Å². The van der Waals surface area contributed by atoms with E-state index in [4.69, 9.17) is 0 Å². The van der Waals surface area contributed by atoms with E-state index in [9.17, 15) is 18.0 Å². The van der Waals surface area contributed by atoms with E-state index in [0.717, 1.165) is 43.9 Å². The lowest BCUT2D eigenvalue weighted by Crippen LogP contribution is -2.46. The zero-order chi connectivity index (χ0) is 18.6. The van der Waals surface area contributed by atoms with Crippen LogP contribution in [0.15, 0.2) is 48.7 Å². The molecule has 0 spiro atoms. The molecule has 2 aromatic rings. The Morgan fingerprint density at radius 2 is 1.88 bits per heavy atom. The number of aromatic nitrogens is 1. The van der Waals surface area contributed by atoms with Crippen molar-refractivity contribution in [3.8, 4) is 0 Å². The number of carbonyl (C=O) groups is 1. The molecule has 3 rings (SSSR count). The maximum Gasteiger partial charge on any atom is 0.416 e. The molecule has 2 amide bonds. The average Bonchev–Trinajstić information content (AvgIpc) is 2.62. The summed E-state index contributed by atoms with van der Waals surface area (Å²) in [5, 5.41) is 5.29. The molecule has 8 heteroatoms. The van der Waals surface area contributed by atoms with Crippen LogP contribution in [0.2, 0.25) is 0 Å². The zero-order valence-corrected chi connectivity index (χ0v) is 14.0. The Morgan fingerprint density at radius 3 is 2.54 bits per heavy atom. The Kier molecular flexibility index (Phi) is 5.29. The number of amides is 2. The van der Waals surface area contributed by atoms with Crippen LogP contribution in [-0.2, 0) is 6.18 Å². The van der Waals surface area contributed by atoms with Crippen molar-refractivity contribution in [3.05, 3.63) is 54.2 Å². The third-order valence-corrected chi connectivity index (χ3v) is 4.25. The fraction of sp³-hybridized carbons (Fsp3) is 0.333. The van der Waals surface area contributed by atoms with E-state index in [1.54, 1.807) is 6.20 Å². The second-order valence-corrected chi connectivity index (χ2v) is 6.13. The van der Waals surface area contributed by atoms with E-state index in [1.165, 1.54) is 12.1 Å². The molecule has 1 saturated heterocycles. The van der Waals surface area contributed by atoms with Crippen LogP contribution in [0.3, 0.4) is 0 Å². The number of anilines is 2. The van der Waals surface area contributed by atoms with Gasteiger partial charge in [0.25, 0.3) is 0 Å². The second kappa shape index (κ2) is 7.63. The van der Waals surface area contributed by atoms with Gasteiger partial charge in [0, 0.05) is 31.0 Å². The fourth-order valence-electron chi connectivity index (χ4n) is 2.92. The van der Waals surface area contributed by atoms with Gasteiger partial charge in [0.1, 0.15) is 5.82 Å². The summed E-state index contributed by atoms with van der Waals surface area (Å²) < 4.78 is 38.1. The molecule has 2 N–H and O–H groups in total. The number of hydrogen-bond donors (Lipinski definition) is 2. The van der Waals surface area contributed by atoms with Crippen LogP contribution in [0.4, 0.5) is 29.5 Å². The van der Waals surface area contributed by atoms with Crippen molar-refractivity contribution in [2.24, 2.45) is 0 Å². The van der Waals surface area contributed by atoms with Crippen LogP contribution in [-0.4, -0.2) is 30.1 Å². The van der Waals surface area contributed by atoms with Gasteiger partial charge in [-0.05, 0) is 43.2 Å². The van der Waals surface area contributed by atoms with Crippen LogP contribution in [0.1, 0.15) is 18.4 Å². The van der Waals surface area contributed by atoms with Gasteiger partial charge >= 0.3 is 12.2 Å². The van der Waals surface area contributed by atoms with Crippen LogP contribution in [0.25, 0.3) is 0 Å². The summed E-state index contributed by atoms with van der Waals surface area (Å²) in [5.74, 6) is 0.902. The van der Waals surface area contributed by atoms with Gasteiger partial charge < -0.3 is 15.5 Å². The average molecular weight is 364 g/mol. The minimum absolute atomic E-state index is 0.0271. The molecule has 1 aromatic carbocycles. The van der Waals surface area contributed by atoms with Crippen molar-refractivity contribution in [2.75, 3.05) is 23.3 Å². The molecule has 2 heterocycles. The number of pyridine rings is 1. The number of piperidine rings is 1. The number of rotatable bonds is 3. The van der Waals surface area contributed by atoms with Gasteiger partial charge in [0.15, 0.2) is 0 Å². The largest absolute Gasteiger partial charge is 0.416 e. The molecular weight excluding hydrogens is 345 g/mol. The van der Waals surface area contributed by atoms with Crippen molar-refractivity contribution in [3.63, 3.8) is 0 Å². The highest BCUT2D eigenvalue weighted by Crippen LogP contribution is 2.30. The summed E-state index contributed by atoms with van der Waals surface area (Å²) in [5.41, 5.74) is -0.679. The lowest BCUT2D eigenvalue weighted by atomic mass is 10.1. The van der Waals surface area contributed by atoms with Crippen LogP contribution in [0.5, 0.6) is 0 Å². The molecule has 0 radical (unpaired) electrons. The molecule has 26 heavy (non-hydrogen) atoms. The second-order valence-electron chi connectivity index (χ2n) is 6.13. The van der Waals surface area contributed by atoms with Crippen molar-refractivity contribution in [1.29, 1.82) is 0 Å². The Labute approximate surface area is 149 Å². The summed E-state index contributed by atoms with van der Waals surface area (Å²) in [6.07, 6.45) is -1.21. The van der Waals surface area contributed by atoms with Gasteiger partial charge in [-0.3, -0.25) is 0 Å². The first kappa shape index (κ1) is 18.0. The number of hydrogen-bond acceptors (Lipinski definition) is 3. The third-order valence-electron chi connectivity index (χ3n) is 4.25. The first-order chi connectivity index (χ1) is 12.4. The Morgan fingerprint density at radius 1 is 1.12 bits per heavy atom. The van der Waals surface area contributed by atoms with Gasteiger partial charge in [-0.1, -0.05) is 12.1 Å².